The molecule has 23 heavy (non-hydrogen) atoms. The van der Waals surface area contributed by atoms with Gasteiger partial charge in [0.15, 0.2) is 0 Å². The molecule has 1 saturated heterocycles. The average Bonchev–Trinajstić information content (AvgIpc) is 3.24. The lowest BCUT2D eigenvalue weighted by Crippen LogP contribution is -2.41. The Morgan fingerprint density at radius 1 is 1.26 bits per heavy atom. The molecule has 1 aromatic carbocycles. The zero-order valence-electron chi connectivity index (χ0n) is 12.4. The van der Waals surface area contributed by atoms with Crippen molar-refractivity contribution < 1.29 is 14.3 Å². The molecule has 0 N–H and O–H groups in total. The Kier molecular flexibility index (Phi) is 4.98. The third kappa shape index (κ3) is 3.74. The summed E-state index contributed by atoms with van der Waals surface area (Å²) in [6, 6.07) is 10.3. The molecule has 1 aromatic heterocycles. The Morgan fingerprint density at radius 3 is 2.74 bits per heavy atom. The van der Waals surface area contributed by atoms with Gasteiger partial charge in [-0.05, 0) is 42.0 Å². The second kappa shape index (κ2) is 7.15. The second-order valence-corrected chi connectivity index (χ2v) is 6.75. The van der Waals surface area contributed by atoms with E-state index in [0.29, 0.717) is 22.9 Å². The number of esters is 1. The van der Waals surface area contributed by atoms with Crippen molar-refractivity contribution in [2.24, 2.45) is 0 Å². The summed E-state index contributed by atoms with van der Waals surface area (Å²) in [7, 11) is 0. The largest absolute Gasteiger partial charge is 0.459 e. The Hall–Kier alpha value is -1.85. The van der Waals surface area contributed by atoms with Crippen molar-refractivity contribution in [2.75, 3.05) is 6.54 Å². The predicted molar refractivity (Wildman–Crippen MR) is 89.6 cm³/mol. The van der Waals surface area contributed by atoms with E-state index in [1.54, 1.807) is 23.1 Å². The van der Waals surface area contributed by atoms with Gasteiger partial charge >= 0.3 is 5.97 Å². The first kappa shape index (κ1) is 16.0. The molecule has 0 radical (unpaired) electrons. The van der Waals surface area contributed by atoms with Gasteiger partial charge < -0.3 is 9.64 Å². The van der Waals surface area contributed by atoms with E-state index < -0.39 is 6.04 Å². The smallest absolute Gasteiger partial charge is 0.329 e. The summed E-state index contributed by atoms with van der Waals surface area (Å²) >= 11 is 7.22. The van der Waals surface area contributed by atoms with Crippen LogP contribution in [0.5, 0.6) is 0 Å². The Bertz CT molecular complexity index is 684. The molecule has 2 aromatic rings. The van der Waals surface area contributed by atoms with Crippen molar-refractivity contribution >= 4 is 34.8 Å². The highest BCUT2D eigenvalue weighted by Crippen LogP contribution is 2.23. The number of rotatable bonds is 4. The number of likely N-dealkylation sites (tertiary alicyclic amines) is 1. The van der Waals surface area contributed by atoms with Gasteiger partial charge in [0, 0.05) is 11.6 Å². The number of carbonyl (C=O) groups excluding carboxylic acids is 2. The van der Waals surface area contributed by atoms with E-state index in [1.807, 2.05) is 23.6 Å². The summed E-state index contributed by atoms with van der Waals surface area (Å²) in [5.41, 5.74) is 0.872. The van der Waals surface area contributed by atoms with Gasteiger partial charge in [0.1, 0.15) is 12.6 Å². The van der Waals surface area contributed by atoms with Crippen LogP contribution in [-0.4, -0.2) is 29.4 Å². The van der Waals surface area contributed by atoms with Crippen molar-refractivity contribution in [2.45, 2.75) is 25.5 Å². The van der Waals surface area contributed by atoms with Crippen molar-refractivity contribution in [3.05, 3.63) is 57.2 Å². The van der Waals surface area contributed by atoms with Crippen molar-refractivity contribution in [3.63, 3.8) is 0 Å². The van der Waals surface area contributed by atoms with Gasteiger partial charge in [0.05, 0.1) is 4.88 Å². The van der Waals surface area contributed by atoms with Gasteiger partial charge in [-0.1, -0.05) is 29.8 Å². The average molecular weight is 350 g/mol. The van der Waals surface area contributed by atoms with Gasteiger partial charge in [-0.25, -0.2) is 4.79 Å². The summed E-state index contributed by atoms with van der Waals surface area (Å²) in [6.45, 7) is 0.783. The topological polar surface area (TPSA) is 46.6 Å². The number of carbonyl (C=O) groups is 2. The standard InChI is InChI=1S/C17H16ClNO3S/c18-13-7-5-12(6-8-13)11-22-17(21)14-3-1-9-19(14)16(20)15-4-2-10-23-15/h2,4-8,10,14H,1,3,9,11H2. The summed E-state index contributed by atoms with van der Waals surface area (Å²) in [5.74, 6) is -0.437. The van der Waals surface area contributed by atoms with E-state index in [-0.39, 0.29) is 18.5 Å². The molecule has 120 valence electrons. The summed E-state index contributed by atoms with van der Waals surface area (Å²) < 4.78 is 5.38. The van der Waals surface area contributed by atoms with Crippen LogP contribution in [0.2, 0.25) is 5.02 Å². The summed E-state index contributed by atoms with van der Waals surface area (Å²) in [6.07, 6.45) is 1.47. The maximum atomic E-state index is 12.4. The Morgan fingerprint density at radius 2 is 2.04 bits per heavy atom. The lowest BCUT2D eigenvalue weighted by atomic mass is 10.2. The quantitative estimate of drug-likeness (QED) is 0.790. The fraction of sp³-hybridized carbons (Fsp3) is 0.294. The first-order valence-electron chi connectivity index (χ1n) is 7.41. The molecule has 1 amide bonds. The Balaban J connectivity index is 1.61. The lowest BCUT2D eigenvalue weighted by molar-refractivity contribution is -0.149. The van der Waals surface area contributed by atoms with Crippen molar-refractivity contribution in [1.82, 2.24) is 4.90 Å². The molecule has 0 bridgehead atoms. The van der Waals surface area contributed by atoms with Crippen LogP contribution in [0.3, 0.4) is 0 Å². The van der Waals surface area contributed by atoms with Gasteiger partial charge in [0.25, 0.3) is 5.91 Å². The van der Waals surface area contributed by atoms with E-state index >= 15 is 0 Å². The highest BCUT2D eigenvalue weighted by molar-refractivity contribution is 7.12. The minimum absolute atomic E-state index is 0.0917. The number of halogens is 1. The Labute approximate surface area is 143 Å². The van der Waals surface area contributed by atoms with Crippen LogP contribution in [0.25, 0.3) is 0 Å². The number of hydrogen-bond donors (Lipinski definition) is 0. The molecular weight excluding hydrogens is 334 g/mol. The molecule has 0 aliphatic carbocycles. The van der Waals surface area contributed by atoms with Crippen molar-refractivity contribution in [3.8, 4) is 0 Å². The first-order chi connectivity index (χ1) is 11.1. The molecule has 3 rings (SSSR count). The van der Waals surface area contributed by atoms with Crippen LogP contribution >= 0.6 is 22.9 Å². The van der Waals surface area contributed by atoms with Gasteiger partial charge in [-0.2, -0.15) is 0 Å². The molecular formula is C17H16ClNO3S. The lowest BCUT2D eigenvalue weighted by Gasteiger charge is -2.22. The van der Waals surface area contributed by atoms with Crippen molar-refractivity contribution in [1.29, 1.82) is 0 Å². The maximum absolute atomic E-state index is 12.4. The van der Waals surface area contributed by atoms with E-state index in [2.05, 4.69) is 0 Å². The van der Waals surface area contributed by atoms with Gasteiger partial charge in [-0.15, -0.1) is 11.3 Å². The van der Waals surface area contributed by atoms with E-state index in [9.17, 15) is 9.59 Å². The normalized spacial score (nSPS) is 17.3. The highest BCUT2D eigenvalue weighted by atomic mass is 35.5. The molecule has 1 aliphatic rings. The van der Waals surface area contributed by atoms with Gasteiger partial charge in [0.2, 0.25) is 0 Å². The van der Waals surface area contributed by atoms with Crippen LogP contribution in [0, 0.1) is 0 Å². The SMILES string of the molecule is O=C(OCc1ccc(Cl)cc1)C1CCCN1C(=O)c1cccs1. The maximum Gasteiger partial charge on any atom is 0.329 e. The zero-order valence-corrected chi connectivity index (χ0v) is 14.0. The second-order valence-electron chi connectivity index (χ2n) is 5.37. The van der Waals surface area contributed by atoms with Crippen LogP contribution in [-0.2, 0) is 16.1 Å². The number of thiophene rings is 1. The molecule has 0 saturated carbocycles. The molecule has 0 spiro atoms. The number of amides is 1. The zero-order chi connectivity index (χ0) is 16.2. The van der Waals surface area contributed by atoms with Crippen LogP contribution in [0.15, 0.2) is 41.8 Å². The molecule has 1 aliphatic heterocycles. The number of nitrogens with zero attached hydrogens (tertiary/aromatic N) is 1. The fourth-order valence-corrected chi connectivity index (χ4v) is 3.43. The molecule has 2 heterocycles. The highest BCUT2D eigenvalue weighted by Gasteiger charge is 2.35. The molecule has 4 nitrogen and oxygen atoms in total. The third-order valence-electron chi connectivity index (χ3n) is 3.81. The first-order valence-corrected chi connectivity index (χ1v) is 8.66. The third-order valence-corrected chi connectivity index (χ3v) is 4.92. The summed E-state index contributed by atoms with van der Waals surface area (Å²) in [4.78, 5) is 27.1. The fourth-order valence-electron chi connectivity index (χ4n) is 2.63. The number of hydrogen-bond acceptors (Lipinski definition) is 4. The minimum atomic E-state index is -0.489. The van der Waals surface area contributed by atoms with Crippen LogP contribution < -0.4 is 0 Å². The van der Waals surface area contributed by atoms with Crippen LogP contribution in [0.1, 0.15) is 28.1 Å². The molecule has 1 unspecified atom stereocenters. The van der Waals surface area contributed by atoms with E-state index in [1.165, 1.54) is 11.3 Å². The summed E-state index contributed by atoms with van der Waals surface area (Å²) in [5, 5.41) is 2.50. The number of benzene rings is 1. The minimum Gasteiger partial charge on any atom is -0.459 e. The molecule has 1 atom stereocenters. The van der Waals surface area contributed by atoms with E-state index in [0.717, 1.165) is 12.0 Å². The predicted octanol–water partition coefficient (Wildman–Crippen LogP) is 3.75. The van der Waals surface area contributed by atoms with Gasteiger partial charge in [-0.3, -0.25) is 4.79 Å². The molecule has 6 heteroatoms. The van der Waals surface area contributed by atoms with E-state index in [4.69, 9.17) is 16.3 Å². The van der Waals surface area contributed by atoms with Crippen LogP contribution in [0.4, 0.5) is 0 Å². The monoisotopic (exact) mass is 349 g/mol. The molecule has 1 fully saturated rings. The number of ether oxygens (including phenoxy) is 1.